The lowest BCUT2D eigenvalue weighted by Crippen LogP contribution is -2.32. The van der Waals surface area contributed by atoms with E-state index in [4.69, 9.17) is 0 Å². The van der Waals surface area contributed by atoms with Crippen LogP contribution in [0.15, 0.2) is 23.1 Å². The second kappa shape index (κ2) is 6.24. The van der Waals surface area contributed by atoms with E-state index in [2.05, 4.69) is 4.72 Å². The van der Waals surface area contributed by atoms with Crippen molar-refractivity contribution < 1.29 is 13.5 Å². The first-order valence-electron chi connectivity index (χ1n) is 7.13. The number of rotatable bonds is 4. The van der Waals surface area contributed by atoms with Gasteiger partial charge >= 0.3 is 0 Å². The van der Waals surface area contributed by atoms with Crippen molar-refractivity contribution in [2.24, 2.45) is 5.92 Å². The lowest BCUT2D eigenvalue weighted by Gasteiger charge is -2.25. The summed E-state index contributed by atoms with van der Waals surface area (Å²) < 4.78 is 27.2. The minimum Gasteiger partial charge on any atom is -0.393 e. The Morgan fingerprint density at radius 2 is 1.80 bits per heavy atom. The molecule has 0 aliphatic heterocycles. The van der Waals surface area contributed by atoms with Gasteiger partial charge in [-0.2, -0.15) is 0 Å². The van der Waals surface area contributed by atoms with Gasteiger partial charge in [-0.25, -0.2) is 13.1 Å². The molecule has 1 saturated carbocycles. The maximum Gasteiger partial charge on any atom is 0.240 e. The predicted molar refractivity (Wildman–Crippen MR) is 79.1 cm³/mol. The van der Waals surface area contributed by atoms with Crippen LogP contribution in [-0.2, 0) is 10.0 Å². The van der Waals surface area contributed by atoms with Crippen molar-refractivity contribution in [1.82, 2.24) is 4.72 Å². The van der Waals surface area contributed by atoms with Crippen molar-refractivity contribution in [3.63, 3.8) is 0 Å². The molecule has 4 nitrogen and oxygen atoms in total. The van der Waals surface area contributed by atoms with Gasteiger partial charge in [0.2, 0.25) is 10.0 Å². The monoisotopic (exact) mass is 297 g/mol. The highest BCUT2D eigenvalue weighted by atomic mass is 32.2. The van der Waals surface area contributed by atoms with Gasteiger partial charge in [0, 0.05) is 6.54 Å². The summed E-state index contributed by atoms with van der Waals surface area (Å²) in [5, 5.41) is 9.45. The fraction of sp³-hybridized carbons (Fsp3) is 0.600. The van der Waals surface area contributed by atoms with E-state index in [0.29, 0.717) is 17.4 Å². The van der Waals surface area contributed by atoms with Crippen LogP contribution in [-0.4, -0.2) is 26.2 Å². The van der Waals surface area contributed by atoms with E-state index in [-0.39, 0.29) is 6.10 Å². The lowest BCUT2D eigenvalue weighted by molar-refractivity contribution is 0.109. The molecule has 0 bridgehead atoms. The highest BCUT2D eigenvalue weighted by molar-refractivity contribution is 7.89. The molecule has 1 aliphatic rings. The number of aryl methyl sites for hydroxylation is 2. The fourth-order valence-electron chi connectivity index (χ4n) is 2.54. The van der Waals surface area contributed by atoms with E-state index < -0.39 is 10.0 Å². The van der Waals surface area contributed by atoms with Crippen molar-refractivity contribution in [3.05, 3.63) is 29.3 Å². The molecule has 1 aromatic carbocycles. The minimum atomic E-state index is -3.42. The molecule has 2 N–H and O–H groups in total. The Kier molecular flexibility index (Phi) is 4.83. The molecule has 2 rings (SSSR count). The summed E-state index contributed by atoms with van der Waals surface area (Å²) in [6.07, 6.45) is 3.11. The lowest BCUT2D eigenvalue weighted by atomic mass is 9.88. The third-order valence-corrected chi connectivity index (χ3v) is 5.59. The quantitative estimate of drug-likeness (QED) is 0.894. The molecule has 0 spiro atoms. The standard InChI is InChI=1S/C15H23NO3S/c1-11-3-8-15(9-12(11)2)20(18,19)16-10-13-4-6-14(17)7-5-13/h3,8-9,13-14,16-17H,4-7,10H2,1-2H3. The van der Waals surface area contributed by atoms with Gasteiger partial charge in [0.1, 0.15) is 0 Å². The Morgan fingerprint density at radius 3 is 2.40 bits per heavy atom. The number of nitrogens with one attached hydrogen (secondary N) is 1. The number of aliphatic hydroxyl groups excluding tert-OH is 1. The van der Waals surface area contributed by atoms with Gasteiger partial charge in [-0.05, 0) is 68.7 Å². The van der Waals surface area contributed by atoms with Crippen LogP contribution >= 0.6 is 0 Å². The first-order chi connectivity index (χ1) is 9.38. The van der Waals surface area contributed by atoms with E-state index >= 15 is 0 Å². The topological polar surface area (TPSA) is 66.4 Å². The largest absolute Gasteiger partial charge is 0.393 e. The van der Waals surface area contributed by atoms with Crippen molar-refractivity contribution in [2.75, 3.05) is 6.54 Å². The van der Waals surface area contributed by atoms with Crippen LogP contribution in [0.5, 0.6) is 0 Å². The number of sulfonamides is 1. The van der Waals surface area contributed by atoms with Gasteiger partial charge in [-0.3, -0.25) is 0 Å². The summed E-state index contributed by atoms with van der Waals surface area (Å²) in [7, 11) is -3.42. The molecule has 1 aliphatic carbocycles. The Morgan fingerprint density at radius 1 is 1.15 bits per heavy atom. The van der Waals surface area contributed by atoms with Crippen LogP contribution in [0.3, 0.4) is 0 Å². The number of aliphatic hydroxyl groups is 1. The van der Waals surface area contributed by atoms with Crippen LogP contribution in [0.2, 0.25) is 0 Å². The predicted octanol–water partition coefficient (Wildman–Crippen LogP) is 2.13. The zero-order valence-corrected chi connectivity index (χ0v) is 12.9. The molecular weight excluding hydrogens is 274 g/mol. The molecular formula is C15H23NO3S. The van der Waals surface area contributed by atoms with E-state index in [0.717, 1.165) is 36.8 Å². The average molecular weight is 297 g/mol. The molecule has 0 radical (unpaired) electrons. The normalized spacial score (nSPS) is 23.8. The number of benzene rings is 1. The molecule has 0 saturated heterocycles. The first-order valence-corrected chi connectivity index (χ1v) is 8.62. The van der Waals surface area contributed by atoms with Crippen molar-refractivity contribution in [2.45, 2.75) is 50.5 Å². The Balaban J connectivity index is 1.98. The highest BCUT2D eigenvalue weighted by Gasteiger charge is 2.22. The zero-order chi connectivity index (χ0) is 14.8. The summed E-state index contributed by atoms with van der Waals surface area (Å²) in [6, 6.07) is 5.19. The van der Waals surface area contributed by atoms with Crippen molar-refractivity contribution >= 4 is 10.0 Å². The molecule has 0 atom stereocenters. The first kappa shape index (κ1) is 15.5. The Labute approximate surface area is 121 Å². The maximum atomic E-state index is 12.2. The van der Waals surface area contributed by atoms with Gasteiger partial charge in [0.25, 0.3) is 0 Å². The molecule has 112 valence electrons. The summed E-state index contributed by atoms with van der Waals surface area (Å²) in [4.78, 5) is 0.330. The molecule has 5 heteroatoms. The smallest absolute Gasteiger partial charge is 0.240 e. The van der Waals surface area contributed by atoms with Crippen molar-refractivity contribution in [3.8, 4) is 0 Å². The Hall–Kier alpha value is -0.910. The summed E-state index contributed by atoms with van der Waals surface area (Å²) in [5.74, 6) is 0.333. The van der Waals surface area contributed by atoms with Gasteiger partial charge in [0.05, 0.1) is 11.0 Å². The van der Waals surface area contributed by atoms with E-state index in [1.807, 2.05) is 19.9 Å². The second-order valence-corrected chi connectivity index (χ2v) is 7.54. The molecule has 0 heterocycles. The van der Waals surface area contributed by atoms with Gasteiger partial charge in [0.15, 0.2) is 0 Å². The van der Waals surface area contributed by atoms with Gasteiger partial charge in [-0.1, -0.05) is 6.07 Å². The third-order valence-electron chi connectivity index (χ3n) is 4.17. The molecule has 0 unspecified atom stereocenters. The Bertz CT molecular complexity index is 560. The second-order valence-electron chi connectivity index (χ2n) is 5.77. The van der Waals surface area contributed by atoms with Gasteiger partial charge in [-0.15, -0.1) is 0 Å². The molecule has 1 fully saturated rings. The molecule has 0 amide bonds. The zero-order valence-electron chi connectivity index (χ0n) is 12.1. The average Bonchev–Trinajstić information content (AvgIpc) is 2.41. The van der Waals surface area contributed by atoms with Crippen LogP contribution in [0.25, 0.3) is 0 Å². The van der Waals surface area contributed by atoms with Crippen LogP contribution in [0.4, 0.5) is 0 Å². The van der Waals surface area contributed by atoms with Gasteiger partial charge < -0.3 is 5.11 Å². The SMILES string of the molecule is Cc1ccc(S(=O)(=O)NCC2CCC(O)CC2)cc1C. The van der Waals surface area contributed by atoms with Crippen LogP contribution in [0, 0.1) is 19.8 Å². The van der Waals surface area contributed by atoms with Crippen LogP contribution < -0.4 is 4.72 Å². The van der Waals surface area contributed by atoms with E-state index in [1.54, 1.807) is 12.1 Å². The third kappa shape index (κ3) is 3.81. The molecule has 0 aromatic heterocycles. The number of hydrogen-bond donors (Lipinski definition) is 2. The van der Waals surface area contributed by atoms with Crippen molar-refractivity contribution in [1.29, 1.82) is 0 Å². The summed E-state index contributed by atoms with van der Waals surface area (Å²) in [6.45, 7) is 4.34. The minimum absolute atomic E-state index is 0.206. The fourth-order valence-corrected chi connectivity index (χ4v) is 3.74. The highest BCUT2D eigenvalue weighted by Crippen LogP contribution is 2.24. The molecule has 1 aromatic rings. The summed E-state index contributed by atoms with van der Waals surface area (Å²) in [5.41, 5.74) is 2.07. The summed E-state index contributed by atoms with van der Waals surface area (Å²) >= 11 is 0. The van der Waals surface area contributed by atoms with E-state index in [9.17, 15) is 13.5 Å². The maximum absolute atomic E-state index is 12.2. The van der Waals surface area contributed by atoms with Crippen LogP contribution in [0.1, 0.15) is 36.8 Å². The number of hydrogen-bond acceptors (Lipinski definition) is 3. The van der Waals surface area contributed by atoms with E-state index in [1.165, 1.54) is 0 Å². The molecule has 20 heavy (non-hydrogen) atoms.